The van der Waals surface area contributed by atoms with Crippen molar-refractivity contribution in [1.82, 2.24) is 0 Å². The number of benzene rings is 2. The van der Waals surface area contributed by atoms with Crippen LogP contribution in [0.25, 0.3) is 0 Å². The molecule has 0 saturated heterocycles. The predicted molar refractivity (Wildman–Crippen MR) is 119 cm³/mol. The van der Waals surface area contributed by atoms with E-state index in [1.807, 2.05) is 35.6 Å². The molecule has 0 radical (unpaired) electrons. The van der Waals surface area contributed by atoms with Gasteiger partial charge in [-0.3, -0.25) is 4.79 Å². The highest BCUT2D eigenvalue weighted by molar-refractivity contribution is 7.10. The van der Waals surface area contributed by atoms with Gasteiger partial charge >= 0.3 is 0 Å². The highest BCUT2D eigenvalue weighted by atomic mass is 32.1. The lowest BCUT2D eigenvalue weighted by atomic mass is 9.96. The minimum absolute atomic E-state index is 0.129. The van der Waals surface area contributed by atoms with E-state index >= 15 is 0 Å². The summed E-state index contributed by atoms with van der Waals surface area (Å²) in [7, 11) is 0. The summed E-state index contributed by atoms with van der Waals surface area (Å²) in [6, 6.07) is 21.4. The molecule has 0 bridgehead atoms. The molecule has 1 amide bonds. The van der Waals surface area contributed by atoms with Crippen LogP contribution in [-0.2, 0) is 17.6 Å². The third-order valence-electron chi connectivity index (χ3n) is 6.24. The van der Waals surface area contributed by atoms with E-state index in [4.69, 9.17) is 0 Å². The molecule has 2 N–H and O–H groups in total. The first-order valence-electron chi connectivity index (χ1n) is 10.6. The van der Waals surface area contributed by atoms with Crippen LogP contribution in [0.4, 0.5) is 5.69 Å². The van der Waals surface area contributed by atoms with Crippen LogP contribution in [0, 0.1) is 5.92 Å². The van der Waals surface area contributed by atoms with Gasteiger partial charge in [0.2, 0.25) is 0 Å². The summed E-state index contributed by atoms with van der Waals surface area (Å²) < 4.78 is 0. The van der Waals surface area contributed by atoms with Crippen LogP contribution in [0.1, 0.15) is 40.5 Å². The number of carbonyl (C=O) groups is 1. The maximum Gasteiger partial charge on any atom is 0.279 e. The Balaban J connectivity index is 1.29. The first-order valence-corrected chi connectivity index (χ1v) is 11.5. The largest absolute Gasteiger partial charge is 0.321 e. The third kappa shape index (κ3) is 4.14. The molecule has 1 fully saturated rings. The maximum atomic E-state index is 13.0. The van der Waals surface area contributed by atoms with Gasteiger partial charge in [0.25, 0.3) is 5.91 Å². The molecule has 148 valence electrons. The van der Waals surface area contributed by atoms with Crippen LogP contribution in [0.3, 0.4) is 0 Å². The zero-order valence-corrected chi connectivity index (χ0v) is 17.4. The monoisotopic (exact) mass is 403 g/mol. The predicted octanol–water partition coefficient (Wildman–Crippen LogP) is 3.87. The Morgan fingerprint density at radius 1 is 1.03 bits per heavy atom. The topological polar surface area (TPSA) is 33.5 Å². The van der Waals surface area contributed by atoms with Crippen molar-refractivity contribution >= 4 is 22.9 Å². The molecule has 2 heterocycles. The van der Waals surface area contributed by atoms with Crippen molar-refractivity contribution in [2.24, 2.45) is 5.92 Å². The van der Waals surface area contributed by atoms with Crippen LogP contribution in [0.5, 0.6) is 0 Å². The molecule has 3 aromatic rings. The number of fused-ring (bicyclic) bond motifs is 1. The molecular weight excluding hydrogens is 376 g/mol. The van der Waals surface area contributed by atoms with Gasteiger partial charge < -0.3 is 10.2 Å². The van der Waals surface area contributed by atoms with Crippen molar-refractivity contribution in [3.63, 3.8) is 0 Å². The Hall–Kier alpha value is -2.43. The molecule has 1 aromatic heterocycles. The van der Waals surface area contributed by atoms with E-state index in [0.29, 0.717) is 12.6 Å². The standard InChI is InChI=1S/C25H26N2OS/c28-24(17-27-14-12-23-21(13-15-29-23)25(27)19-10-11-19)26-22-9-5-4-8-20(22)16-18-6-2-1-3-7-18/h1-9,13,15,19,25H,10-12,14,16-17H2,(H,26,28)/p+1/t25-/m1/s1. The zero-order chi connectivity index (χ0) is 19.6. The first-order chi connectivity index (χ1) is 14.3. The number of para-hydroxylation sites is 1. The summed E-state index contributed by atoms with van der Waals surface area (Å²) in [6.45, 7) is 1.61. The molecule has 1 aliphatic heterocycles. The Labute approximate surface area is 176 Å². The smallest absolute Gasteiger partial charge is 0.279 e. The molecule has 2 aromatic carbocycles. The van der Waals surface area contributed by atoms with E-state index in [-0.39, 0.29) is 5.91 Å². The van der Waals surface area contributed by atoms with Gasteiger partial charge in [0.1, 0.15) is 6.04 Å². The fraction of sp³-hybridized carbons (Fsp3) is 0.320. The summed E-state index contributed by atoms with van der Waals surface area (Å²) in [5, 5.41) is 5.44. The second kappa shape index (κ2) is 8.13. The normalized spacial score (nSPS) is 20.8. The van der Waals surface area contributed by atoms with Crippen LogP contribution in [0.15, 0.2) is 66.0 Å². The fourth-order valence-electron chi connectivity index (χ4n) is 4.71. The molecular formula is C25H27N2OS+. The average molecular weight is 404 g/mol. The van der Waals surface area contributed by atoms with E-state index in [1.54, 1.807) is 4.88 Å². The minimum Gasteiger partial charge on any atom is -0.321 e. The van der Waals surface area contributed by atoms with Gasteiger partial charge in [-0.05, 0) is 47.9 Å². The lowest BCUT2D eigenvalue weighted by Crippen LogP contribution is -3.14. The van der Waals surface area contributed by atoms with Crippen molar-refractivity contribution in [1.29, 1.82) is 0 Å². The van der Waals surface area contributed by atoms with Gasteiger partial charge in [-0.1, -0.05) is 48.5 Å². The fourth-order valence-corrected chi connectivity index (χ4v) is 5.64. The van der Waals surface area contributed by atoms with Crippen LogP contribution < -0.4 is 10.2 Å². The summed E-state index contributed by atoms with van der Waals surface area (Å²) in [5.74, 6) is 0.890. The van der Waals surface area contributed by atoms with Crippen molar-refractivity contribution in [3.05, 3.63) is 87.6 Å². The summed E-state index contributed by atoms with van der Waals surface area (Å²) in [5.41, 5.74) is 4.88. The summed E-state index contributed by atoms with van der Waals surface area (Å²) in [4.78, 5) is 16.0. The maximum absolute atomic E-state index is 13.0. The van der Waals surface area contributed by atoms with Crippen molar-refractivity contribution < 1.29 is 9.69 Å². The third-order valence-corrected chi connectivity index (χ3v) is 7.23. The number of thiophene rings is 1. The molecule has 1 unspecified atom stereocenters. The number of quaternary nitrogens is 1. The van der Waals surface area contributed by atoms with E-state index in [9.17, 15) is 4.79 Å². The molecule has 1 aliphatic carbocycles. The SMILES string of the molecule is O=C(C[NH+]1CCc2sccc2[C@H]1C1CC1)Nc1ccccc1Cc1ccccc1. The van der Waals surface area contributed by atoms with E-state index in [1.165, 1.54) is 34.4 Å². The second-order valence-corrected chi connectivity index (χ2v) is 9.32. The second-order valence-electron chi connectivity index (χ2n) is 8.32. The van der Waals surface area contributed by atoms with Crippen molar-refractivity contribution in [2.45, 2.75) is 31.7 Å². The average Bonchev–Trinajstić information content (AvgIpc) is 3.46. The Morgan fingerprint density at radius 3 is 2.66 bits per heavy atom. The lowest BCUT2D eigenvalue weighted by molar-refractivity contribution is -0.928. The number of hydrogen-bond donors (Lipinski definition) is 2. The van der Waals surface area contributed by atoms with Crippen molar-refractivity contribution in [3.8, 4) is 0 Å². The molecule has 1 saturated carbocycles. The number of anilines is 1. The van der Waals surface area contributed by atoms with Crippen LogP contribution in [-0.4, -0.2) is 19.0 Å². The first kappa shape index (κ1) is 18.6. The Bertz CT molecular complexity index is 993. The minimum atomic E-state index is 0.129. The molecule has 2 atom stereocenters. The molecule has 2 aliphatic rings. The lowest BCUT2D eigenvalue weighted by Gasteiger charge is -2.32. The highest BCUT2D eigenvalue weighted by Crippen LogP contribution is 2.42. The van der Waals surface area contributed by atoms with Gasteiger partial charge in [0, 0.05) is 28.5 Å². The number of rotatable bonds is 6. The van der Waals surface area contributed by atoms with Crippen LogP contribution in [0.2, 0.25) is 0 Å². The summed E-state index contributed by atoms with van der Waals surface area (Å²) in [6.07, 6.45) is 4.55. The Morgan fingerprint density at radius 2 is 1.83 bits per heavy atom. The van der Waals surface area contributed by atoms with E-state index < -0.39 is 0 Å². The van der Waals surface area contributed by atoms with Crippen LogP contribution >= 0.6 is 11.3 Å². The van der Waals surface area contributed by atoms with Gasteiger partial charge in [-0.25, -0.2) is 0 Å². The zero-order valence-electron chi connectivity index (χ0n) is 16.6. The van der Waals surface area contributed by atoms with Gasteiger partial charge in [0.05, 0.1) is 6.54 Å². The molecule has 5 rings (SSSR count). The van der Waals surface area contributed by atoms with Gasteiger partial charge in [-0.2, -0.15) is 0 Å². The summed E-state index contributed by atoms with van der Waals surface area (Å²) >= 11 is 1.89. The Kier molecular flexibility index (Phi) is 5.21. The van der Waals surface area contributed by atoms with Gasteiger partial charge in [0.15, 0.2) is 6.54 Å². The van der Waals surface area contributed by atoms with Crippen molar-refractivity contribution in [2.75, 3.05) is 18.4 Å². The molecule has 4 heteroatoms. The van der Waals surface area contributed by atoms with E-state index in [0.717, 1.165) is 31.0 Å². The number of amides is 1. The number of hydrogen-bond acceptors (Lipinski definition) is 2. The highest BCUT2D eigenvalue weighted by Gasteiger charge is 2.43. The molecule has 29 heavy (non-hydrogen) atoms. The number of carbonyl (C=O) groups excluding carboxylic acids is 1. The molecule has 3 nitrogen and oxygen atoms in total. The van der Waals surface area contributed by atoms with E-state index in [2.05, 4.69) is 47.1 Å². The van der Waals surface area contributed by atoms with Gasteiger partial charge in [-0.15, -0.1) is 11.3 Å². The quantitative estimate of drug-likeness (QED) is 0.644. The number of nitrogens with one attached hydrogen (secondary N) is 2. The molecule has 0 spiro atoms.